The van der Waals surface area contributed by atoms with E-state index in [2.05, 4.69) is 13.1 Å². The maximum Gasteiger partial charge on any atom is 0.118 e. The molecule has 4 heteroatoms. The second kappa shape index (κ2) is 3.12. The molecule has 0 saturated carbocycles. The van der Waals surface area contributed by atoms with Crippen molar-refractivity contribution in [2.45, 2.75) is 13.1 Å². The smallest absolute Gasteiger partial charge is 0.118 e. The van der Waals surface area contributed by atoms with Crippen molar-refractivity contribution in [3.8, 4) is 0 Å². The van der Waals surface area contributed by atoms with Gasteiger partial charge in [-0.05, 0) is 0 Å². The van der Waals surface area contributed by atoms with Gasteiger partial charge < -0.3 is 0 Å². The second-order valence-corrected chi connectivity index (χ2v) is 17.0. The van der Waals surface area contributed by atoms with Crippen LogP contribution in [-0.2, 0) is 0 Å². The van der Waals surface area contributed by atoms with E-state index in [4.69, 9.17) is 22.7 Å². The van der Waals surface area contributed by atoms with Gasteiger partial charge in [-0.2, -0.15) is 11.1 Å². The first-order chi connectivity index (χ1) is 3.12. The molecule has 0 unspecified atom stereocenters. The van der Waals surface area contributed by atoms with Gasteiger partial charge in [0, 0.05) is 5.50 Å². The van der Waals surface area contributed by atoms with Crippen LogP contribution < -0.4 is 0 Å². The molecule has 0 aliphatic rings. The molecule has 0 radical (unpaired) electrons. The third-order valence-corrected chi connectivity index (χ3v) is 14.7. The Kier molecular flexibility index (Phi) is 3.57. The summed E-state index contributed by atoms with van der Waals surface area (Å²) >= 11 is 11.3. The fourth-order valence-electron chi connectivity index (χ4n) is 0.0357. The zero-order valence-corrected chi connectivity index (χ0v) is 8.60. The maximum absolute atomic E-state index is 5.71. The summed E-state index contributed by atoms with van der Waals surface area (Å²) in [6, 6.07) is 0. The van der Waals surface area contributed by atoms with Crippen LogP contribution in [0, 0.1) is 0 Å². The highest BCUT2D eigenvalue weighted by molar-refractivity contribution is 7.41. The van der Waals surface area contributed by atoms with E-state index >= 15 is 0 Å². The molecule has 0 aromatic heterocycles. The zero-order chi connectivity index (χ0) is 5.91. The summed E-state index contributed by atoms with van der Waals surface area (Å²) < 4.78 is 0. The van der Waals surface area contributed by atoms with Crippen LogP contribution in [0.1, 0.15) is 0 Å². The molecule has 0 saturated heterocycles. The largest absolute Gasteiger partial charge is 0.180 e. The Bertz CT molecular complexity index is 48.9. The molecule has 0 atom stereocenters. The molecule has 0 nitrogen and oxygen atoms in total. The summed E-state index contributed by atoms with van der Waals surface area (Å²) in [7, 11) is -1.26. The molecule has 0 aliphatic heterocycles. The Labute approximate surface area is 57.5 Å². The van der Waals surface area contributed by atoms with Crippen LogP contribution >= 0.6 is 22.7 Å². The zero-order valence-electron chi connectivity index (χ0n) is 4.67. The number of hydrogen-bond donors (Lipinski definition) is 0. The number of hydrogen-bond acceptors (Lipinski definition) is 0. The minimum atomic E-state index is -0.981. The van der Waals surface area contributed by atoms with Gasteiger partial charge in [-0.25, -0.2) is 0 Å². The summed E-state index contributed by atoms with van der Waals surface area (Å²) in [4.78, 5) is 0. The first-order valence-corrected chi connectivity index (χ1v) is 10.4. The van der Waals surface area contributed by atoms with Gasteiger partial charge >= 0.3 is 0 Å². The van der Waals surface area contributed by atoms with Crippen molar-refractivity contribution in [3.05, 3.63) is 0 Å². The van der Waals surface area contributed by atoms with Crippen LogP contribution in [0.3, 0.4) is 0 Å². The van der Waals surface area contributed by atoms with Crippen LogP contribution in [0.25, 0.3) is 0 Å². The van der Waals surface area contributed by atoms with Crippen molar-refractivity contribution in [3.63, 3.8) is 0 Å². The van der Waals surface area contributed by atoms with Gasteiger partial charge in [-0.1, -0.05) is 13.1 Å². The molecule has 0 aliphatic carbocycles. The standard InChI is InChI=1S/C3H10Cl2Si2/c1-7(2,3-4)6-5/h3,6H2,1-2H3. The van der Waals surface area contributed by atoms with Crippen LogP contribution in [0.2, 0.25) is 13.1 Å². The molecule has 0 fully saturated rings. The third-order valence-electron chi connectivity index (χ3n) is 0.724. The normalized spacial score (nSPS) is 13.7. The first kappa shape index (κ1) is 8.01. The van der Waals surface area contributed by atoms with Gasteiger partial charge in [0.1, 0.15) is 8.35 Å². The molecule has 44 valence electrons. The molecule has 0 spiro atoms. The van der Waals surface area contributed by atoms with Crippen molar-refractivity contribution in [1.29, 1.82) is 0 Å². The molecular formula is C3H10Cl2Si2. The van der Waals surface area contributed by atoms with Crippen LogP contribution in [-0.4, -0.2) is 21.4 Å². The Hall–Kier alpha value is 1.01. The lowest BCUT2D eigenvalue weighted by Crippen LogP contribution is -2.33. The van der Waals surface area contributed by atoms with E-state index in [-0.39, 0.29) is 8.35 Å². The topological polar surface area (TPSA) is 0 Å². The average molecular weight is 173 g/mol. The van der Waals surface area contributed by atoms with Crippen molar-refractivity contribution in [2.75, 3.05) is 5.50 Å². The molecule has 7 heavy (non-hydrogen) atoms. The highest BCUT2D eigenvalue weighted by Gasteiger charge is 2.17. The van der Waals surface area contributed by atoms with Gasteiger partial charge in [0.25, 0.3) is 0 Å². The third kappa shape index (κ3) is 3.58. The predicted molar refractivity (Wildman–Crippen MR) is 42.6 cm³/mol. The van der Waals surface area contributed by atoms with E-state index in [0.717, 1.165) is 5.50 Å². The van der Waals surface area contributed by atoms with Crippen molar-refractivity contribution >= 4 is 38.6 Å². The Morgan fingerprint density at radius 3 is 2.00 bits per heavy atom. The van der Waals surface area contributed by atoms with Gasteiger partial charge in [0.2, 0.25) is 0 Å². The second-order valence-electron chi connectivity index (χ2n) is 2.43. The van der Waals surface area contributed by atoms with Gasteiger partial charge in [0.15, 0.2) is 0 Å². The van der Waals surface area contributed by atoms with Gasteiger partial charge in [-0.3, -0.25) is 0 Å². The lowest BCUT2D eigenvalue weighted by atomic mass is 11.8. The predicted octanol–water partition coefficient (Wildman–Crippen LogP) is 1.29. The lowest BCUT2D eigenvalue weighted by Gasteiger charge is -2.11. The fourth-order valence-corrected chi connectivity index (χ4v) is 2.89. The highest BCUT2D eigenvalue weighted by Crippen LogP contribution is 2.02. The monoisotopic (exact) mass is 172 g/mol. The SMILES string of the molecule is C[Si](C)(CCl)[SiH2]Cl. The van der Waals surface area contributed by atoms with E-state index in [1.807, 2.05) is 0 Å². The lowest BCUT2D eigenvalue weighted by molar-refractivity contribution is 1.81. The highest BCUT2D eigenvalue weighted by atomic mass is 35.6. The summed E-state index contributed by atoms with van der Waals surface area (Å²) in [6.07, 6.45) is 0. The Morgan fingerprint density at radius 2 is 2.00 bits per heavy atom. The molecule has 0 aromatic carbocycles. The molecule has 0 amide bonds. The Balaban J connectivity index is 3.36. The molecule has 0 rings (SSSR count). The number of alkyl halides is 1. The van der Waals surface area contributed by atoms with E-state index in [9.17, 15) is 0 Å². The van der Waals surface area contributed by atoms with Crippen LogP contribution in [0.5, 0.6) is 0 Å². The van der Waals surface area contributed by atoms with Gasteiger partial charge in [0.05, 0.1) is 7.59 Å². The number of rotatable bonds is 2. The van der Waals surface area contributed by atoms with Crippen molar-refractivity contribution < 1.29 is 0 Å². The van der Waals surface area contributed by atoms with Gasteiger partial charge in [-0.15, -0.1) is 11.6 Å². The minimum absolute atomic E-state index is 0.279. The van der Waals surface area contributed by atoms with E-state index in [0.29, 0.717) is 0 Å². The molecule has 0 aromatic rings. The van der Waals surface area contributed by atoms with E-state index in [1.165, 1.54) is 0 Å². The molecule has 0 bridgehead atoms. The molecular weight excluding hydrogens is 163 g/mol. The van der Waals surface area contributed by atoms with E-state index < -0.39 is 7.59 Å². The van der Waals surface area contributed by atoms with Crippen molar-refractivity contribution in [1.82, 2.24) is 0 Å². The Morgan fingerprint density at radius 1 is 1.57 bits per heavy atom. The van der Waals surface area contributed by atoms with E-state index in [1.54, 1.807) is 0 Å². The summed E-state index contributed by atoms with van der Waals surface area (Å²) in [5.74, 6) is 0. The maximum atomic E-state index is 5.71. The molecule has 0 heterocycles. The number of halogens is 2. The first-order valence-electron chi connectivity index (χ1n) is 2.24. The minimum Gasteiger partial charge on any atom is -0.180 e. The summed E-state index contributed by atoms with van der Waals surface area (Å²) in [5, 5.41) is 0. The van der Waals surface area contributed by atoms with Crippen LogP contribution in [0.15, 0.2) is 0 Å². The molecule has 0 N–H and O–H groups in total. The summed E-state index contributed by atoms with van der Waals surface area (Å²) in [6.45, 7) is 4.47. The van der Waals surface area contributed by atoms with Crippen molar-refractivity contribution in [2.24, 2.45) is 0 Å². The average Bonchev–Trinajstić information content (AvgIpc) is 1.68. The quantitative estimate of drug-likeness (QED) is 0.335. The summed E-state index contributed by atoms with van der Waals surface area (Å²) in [5.41, 5.74) is 0.836. The van der Waals surface area contributed by atoms with Crippen LogP contribution in [0.4, 0.5) is 0 Å². The fraction of sp³-hybridized carbons (Fsp3) is 1.00.